The van der Waals surface area contributed by atoms with Gasteiger partial charge in [-0.25, -0.2) is 8.78 Å². The van der Waals surface area contributed by atoms with Gasteiger partial charge in [-0.2, -0.15) is 0 Å². The summed E-state index contributed by atoms with van der Waals surface area (Å²) in [5.74, 6) is -0.645. The first-order chi connectivity index (χ1) is 10.8. The summed E-state index contributed by atoms with van der Waals surface area (Å²) >= 11 is 5.83. The molecule has 0 aromatic heterocycles. The number of hydrogen-bond acceptors (Lipinski definition) is 2. The Balaban J connectivity index is 1.94. The third kappa shape index (κ3) is 2.82. The van der Waals surface area contributed by atoms with Crippen LogP contribution in [0.4, 0.5) is 8.78 Å². The normalized spacial score (nSPS) is 30.0. The van der Waals surface area contributed by atoms with Crippen LogP contribution in [0.1, 0.15) is 5.56 Å². The number of hydrogen-bond donors (Lipinski definition) is 1. The first-order valence-corrected chi connectivity index (χ1v) is 7.42. The van der Waals surface area contributed by atoms with Crippen LogP contribution in [0.2, 0.25) is 0 Å². The Bertz CT molecular complexity index is 725. The highest BCUT2D eigenvalue weighted by atomic mass is 35.5. The number of rotatable bonds is 3. The Morgan fingerprint density at radius 3 is 2.57 bits per heavy atom. The average molecular weight is 338 g/mol. The maximum absolute atomic E-state index is 14.7. The van der Waals surface area contributed by atoms with Crippen molar-refractivity contribution in [1.82, 2.24) is 4.90 Å². The molecule has 0 spiro atoms. The molecule has 2 unspecified atom stereocenters. The van der Waals surface area contributed by atoms with Gasteiger partial charge in [0.15, 0.2) is 5.60 Å². The summed E-state index contributed by atoms with van der Waals surface area (Å²) < 4.78 is 27.7. The van der Waals surface area contributed by atoms with Crippen molar-refractivity contribution in [3.05, 3.63) is 71.6 Å². The van der Waals surface area contributed by atoms with Crippen LogP contribution >= 0.6 is 11.6 Å². The van der Waals surface area contributed by atoms with Gasteiger partial charge in [-0.15, -0.1) is 0 Å². The maximum atomic E-state index is 14.7. The Labute approximate surface area is 137 Å². The van der Waals surface area contributed by atoms with E-state index in [-0.39, 0.29) is 18.0 Å². The van der Waals surface area contributed by atoms with E-state index in [1.807, 2.05) is 0 Å². The topological polar surface area (TPSA) is 40.5 Å². The molecule has 23 heavy (non-hydrogen) atoms. The van der Waals surface area contributed by atoms with E-state index in [0.29, 0.717) is 12.1 Å². The minimum atomic E-state index is -2.57. The lowest BCUT2D eigenvalue weighted by Gasteiger charge is -2.37. The fraction of sp³-hybridized carbons (Fsp3) is 0.235. The number of carbonyl (C=O) groups excluding carboxylic acids is 1. The molecule has 1 amide bonds. The number of carbonyl (C=O) groups is 1. The van der Waals surface area contributed by atoms with Gasteiger partial charge in [0.05, 0.1) is 0 Å². The van der Waals surface area contributed by atoms with Gasteiger partial charge >= 0.3 is 0 Å². The molecule has 1 aromatic carbocycles. The Hall–Kier alpha value is -1.98. The van der Waals surface area contributed by atoms with Gasteiger partial charge in [-0.3, -0.25) is 4.79 Å². The van der Waals surface area contributed by atoms with Crippen LogP contribution in [-0.2, 0) is 10.4 Å². The van der Waals surface area contributed by atoms with Gasteiger partial charge in [0.1, 0.15) is 5.82 Å². The van der Waals surface area contributed by atoms with E-state index in [9.17, 15) is 18.7 Å². The highest BCUT2D eigenvalue weighted by Crippen LogP contribution is 2.45. The maximum Gasteiger partial charge on any atom is 0.246 e. The molecule has 0 saturated carbocycles. The van der Waals surface area contributed by atoms with Crippen molar-refractivity contribution < 1.29 is 18.7 Å². The Kier molecular flexibility index (Phi) is 3.86. The monoisotopic (exact) mass is 337 g/mol. The van der Waals surface area contributed by atoms with Gasteiger partial charge < -0.3 is 10.0 Å². The fourth-order valence-electron chi connectivity index (χ4n) is 2.67. The van der Waals surface area contributed by atoms with Crippen LogP contribution in [0.25, 0.3) is 0 Å². The Morgan fingerprint density at radius 2 is 1.96 bits per heavy atom. The lowest BCUT2D eigenvalue weighted by atomic mass is 9.83. The summed E-state index contributed by atoms with van der Waals surface area (Å²) in [5, 5.41) is 8.23. The average Bonchev–Trinajstić information content (AvgIpc) is 2.89. The van der Waals surface area contributed by atoms with Crippen LogP contribution < -0.4 is 0 Å². The summed E-state index contributed by atoms with van der Waals surface area (Å²) in [6.45, 7) is 0.680. The molecular formula is C17H14ClF2NO2. The zero-order valence-electron chi connectivity index (χ0n) is 12.0. The van der Waals surface area contributed by atoms with E-state index < -0.39 is 16.5 Å². The second-order valence-corrected chi connectivity index (χ2v) is 6.12. The largest absolute Gasteiger partial charge is 0.376 e. The smallest absolute Gasteiger partial charge is 0.246 e. The van der Waals surface area contributed by atoms with Crippen LogP contribution in [0, 0.1) is 5.82 Å². The minimum Gasteiger partial charge on any atom is -0.376 e. The zero-order chi connectivity index (χ0) is 16.7. The van der Waals surface area contributed by atoms with Crippen LogP contribution in [0.3, 0.4) is 0 Å². The van der Waals surface area contributed by atoms with E-state index >= 15 is 0 Å². The summed E-state index contributed by atoms with van der Waals surface area (Å²) in [6, 6.07) is 4.81. The van der Waals surface area contributed by atoms with Gasteiger partial charge in [0, 0.05) is 19.2 Å². The lowest BCUT2D eigenvalue weighted by Crippen LogP contribution is -2.44. The molecule has 1 aromatic rings. The fourth-order valence-corrected chi connectivity index (χ4v) is 2.90. The van der Waals surface area contributed by atoms with Crippen molar-refractivity contribution in [3.63, 3.8) is 0 Å². The molecular weight excluding hydrogens is 324 g/mol. The molecule has 0 saturated heterocycles. The third-order valence-corrected chi connectivity index (χ3v) is 4.38. The molecule has 1 N–H and O–H groups in total. The minimum absolute atomic E-state index is 0.129. The molecule has 0 bridgehead atoms. The lowest BCUT2D eigenvalue weighted by molar-refractivity contribution is -0.124. The van der Waals surface area contributed by atoms with E-state index in [2.05, 4.69) is 0 Å². The molecule has 1 heterocycles. The summed E-state index contributed by atoms with van der Waals surface area (Å²) in [5.41, 5.74) is -1.48. The molecule has 0 fully saturated rings. The van der Waals surface area contributed by atoms with Gasteiger partial charge in [-0.1, -0.05) is 35.9 Å². The molecule has 0 radical (unpaired) electrons. The second kappa shape index (κ2) is 5.58. The molecule has 3 nitrogen and oxygen atoms in total. The summed E-state index contributed by atoms with van der Waals surface area (Å²) in [7, 11) is 0. The quantitative estimate of drug-likeness (QED) is 0.862. The highest BCUT2D eigenvalue weighted by molar-refractivity contribution is 6.25. The van der Waals surface area contributed by atoms with Gasteiger partial charge in [0.2, 0.25) is 11.0 Å². The molecule has 2 aliphatic rings. The van der Waals surface area contributed by atoms with E-state index in [4.69, 9.17) is 11.6 Å². The predicted molar refractivity (Wildman–Crippen MR) is 82.9 cm³/mol. The first-order valence-electron chi connectivity index (χ1n) is 7.04. The summed E-state index contributed by atoms with van der Waals surface area (Å²) in [4.78, 5) is 13.2. The van der Waals surface area contributed by atoms with E-state index in [1.54, 1.807) is 11.0 Å². The molecule has 1 aliphatic carbocycles. The SMILES string of the molecule is O=C1C=CCN1CC1=CC(O)(c2ccc(F)cc2)C(F)(Cl)C=C1. The van der Waals surface area contributed by atoms with Crippen LogP contribution in [0.5, 0.6) is 0 Å². The second-order valence-electron chi connectivity index (χ2n) is 5.57. The Morgan fingerprint density at radius 1 is 1.26 bits per heavy atom. The van der Waals surface area contributed by atoms with E-state index in [0.717, 1.165) is 18.2 Å². The van der Waals surface area contributed by atoms with Crippen LogP contribution in [-0.4, -0.2) is 34.1 Å². The standard InChI is InChI=1S/C17H14ClF2NO2/c18-17(20)8-7-12(11-21-9-1-2-15(21)22)10-16(17,23)13-3-5-14(19)6-4-13/h1-8,10,23H,9,11H2. The third-order valence-electron chi connectivity index (χ3n) is 3.96. The van der Waals surface area contributed by atoms with Gasteiger partial charge in [-0.05, 0) is 35.4 Å². The zero-order valence-corrected chi connectivity index (χ0v) is 12.8. The number of amides is 1. The number of alkyl halides is 2. The molecule has 120 valence electrons. The van der Waals surface area contributed by atoms with Crippen molar-refractivity contribution in [3.8, 4) is 0 Å². The van der Waals surface area contributed by atoms with Crippen molar-refractivity contribution in [2.24, 2.45) is 0 Å². The number of aliphatic hydroxyl groups is 1. The van der Waals surface area contributed by atoms with Crippen LogP contribution in [0.15, 0.2) is 60.2 Å². The van der Waals surface area contributed by atoms with Crippen molar-refractivity contribution in [2.75, 3.05) is 13.1 Å². The van der Waals surface area contributed by atoms with E-state index in [1.165, 1.54) is 30.4 Å². The van der Waals surface area contributed by atoms with Crippen molar-refractivity contribution >= 4 is 17.5 Å². The first kappa shape index (κ1) is 15.9. The molecule has 2 atom stereocenters. The molecule has 6 heteroatoms. The number of nitrogens with zero attached hydrogens (tertiary/aromatic N) is 1. The number of benzene rings is 1. The summed E-state index contributed by atoms with van der Waals surface area (Å²) in [6.07, 6.45) is 6.94. The predicted octanol–water partition coefficient (Wildman–Crippen LogP) is 2.81. The van der Waals surface area contributed by atoms with Crippen molar-refractivity contribution in [1.29, 1.82) is 0 Å². The highest BCUT2D eigenvalue weighted by Gasteiger charge is 2.50. The van der Waals surface area contributed by atoms with Gasteiger partial charge in [0.25, 0.3) is 0 Å². The van der Waals surface area contributed by atoms with Crippen molar-refractivity contribution in [2.45, 2.75) is 10.7 Å². The number of halogens is 3. The molecule has 1 aliphatic heterocycles. The molecule has 3 rings (SSSR count).